The maximum Gasteiger partial charge on any atom is 0.143 e. The van der Waals surface area contributed by atoms with E-state index in [1.807, 2.05) is 12.1 Å². The molecule has 3 aromatic carbocycles. The van der Waals surface area contributed by atoms with E-state index >= 15 is 0 Å². The lowest BCUT2D eigenvalue weighted by Crippen LogP contribution is -1.87. The molecule has 0 aliphatic carbocycles. The Morgan fingerprint density at radius 2 is 1.31 bits per heavy atom. The van der Waals surface area contributed by atoms with Gasteiger partial charge in [0.05, 0.1) is 5.02 Å². The van der Waals surface area contributed by atoms with Crippen LogP contribution in [0.1, 0.15) is 55.7 Å². The summed E-state index contributed by atoms with van der Waals surface area (Å²) < 4.78 is 13.5. The summed E-state index contributed by atoms with van der Waals surface area (Å²) in [6.07, 6.45) is 7.72. The lowest BCUT2D eigenvalue weighted by Gasteiger charge is -2.05. The summed E-state index contributed by atoms with van der Waals surface area (Å²) in [6, 6.07) is 21.6. The fraction of sp³-hybridized carbons (Fsp3) is 0.259. The Labute approximate surface area is 178 Å². The van der Waals surface area contributed by atoms with Gasteiger partial charge in [0, 0.05) is 11.1 Å². The highest BCUT2D eigenvalue weighted by molar-refractivity contribution is 6.30. The van der Waals surface area contributed by atoms with Gasteiger partial charge in [0.15, 0.2) is 0 Å². The van der Waals surface area contributed by atoms with Gasteiger partial charge in [0.2, 0.25) is 0 Å². The molecule has 0 bridgehead atoms. The molecule has 0 aliphatic rings. The van der Waals surface area contributed by atoms with Crippen LogP contribution < -0.4 is 0 Å². The van der Waals surface area contributed by atoms with E-state index in [1.165, 1.54) is 60.9 Å². The highest BCUT2D eigenvalue weighted by atomic mass is 35.5. The Hall–Kier alpha value is -2.56. The molecule has 0 radical (unpaired) electrons. The van der Waals surface area contributed by atoms with Crippen LogP contribution in [-0.4, -0.2) is 0 Å². The third-order valence-electron chi connectivity index (χ3n) is 5.01. The first-order chi connectivity index (χ1) is 14.2. The molecule has 0 aromatic heterocycles. The predicted octanol–water partition coefficient (Wildman–Crippen LogP) is 8.06. The monoisotopic (exact) mass is 404 g/mol. The van der Waals surface area contributed by atoms with Crippen LogP contribution in [0.3, 0.4) is 0 Å². The molecule has 0 saturated heterocycles. The van der Waals surface area contributed by atoms with Crippen molar-refractivity contribution >= 4 is 11.6 Å². The quantitative estimate of drug-likeness (QED) is 0.276. The Morgan fingerprint density at radius 1 is 0.724 bits per heavy atom. The summed E-state index contributed by atoms with van der Waals surface area (Å²) in [5.74, 6) is 5.61. The first-order valence-electron chi connectivity index (χ1n) is 10.3. The average Bonchev–Trinajstić information content (AvgIpc) is 2.75. The topological polar surface area (TPSA) is 0 Å². The fourth-order valence-corrected chi connectivity index (χ4v) is 3.38. The number of hydrogen-bond acceptors (Lipinski definition) is 0. The van der Waals surface area contributed by atoms with E-state index in [0.717, 1.165) is 12.0 Å². The van der Waals surface area contributed by atoms with Gasteiger partial charge in [0.1, 0.15) is 5.82 Å². The van der Waals surface area contributed by atoms with E-state index in [-0.39, 0.29) is 5.02 Å². The van der Waals surface area contributed by atoms with E-state index in [2.05, 4.69) is 55.2 Å². The number of unbranched alkanes of at least 4 members (excludes halogenated alkanes) is 4. The van der Waals surface area contributed by atoms with Gasteiger partial charge < -0.3 is 0 Å². The number of aryl methyl sites for hydroxylation is 1. The lowest BCUT2D eigenvalue weighted by atomic mass is 10.00. The standard InChI is InChI=1S/C27H26ClF/c1-2-3-4-5-6-7-21-10-15-24(16-11-21)25-17-12-22(13-18-25)8-9-23-14-19-26(28)27(29)20-23/h10-20H,2-7H2,1H3. The summed E-state index contributed by atoms with van der Waals surface area (Å²) >= 11 is 5.70. The van der Waals surface area contributed by atoms with Crippen molar-refractivity contribution < 1.29 is 4.39 Å². The Kier molecular flexibility index (Phi) is 7.91. The van der Waals surface area contributed by atoms with Crippen molar-refractivity contribution in [3.8, 4) is 23.0 Å². The zero-order chi connectivity index (χ0) is 20.5. The van der Waals surface area contributed by atoms with E-state index in [4.69, 9.17) is 11.6 Å². The SMILES string of the molecule is CCCCCCCc1ccc(-c2ccc(C#Cc3ccc(Cl)c(F)c3)cc2)cc1. The van der Waals surface area contributed by atoms with E-state index < -0.39 is 5.82 Å². The summed E-state index contributed by atoms with van der Waals surface area (Å²) in [4.78, 5) is 0. The molecule has 0 spiro atoms. The summed E-state index contributed by atoms with van der Waals surface area (Å²) in [6.45, 7) is 2.25. The third kappa shape index (κ3) is 6.48. The molecule has 0 aliphatic heterocycles. The van der Waals surface area contributed by atoms with Crippen LogP contribution in [-0.2, 0) is 6.42 Å². The molecule has 3 aromatic rings. The van der Waals surface area contributed by atoms with Gasteiger partial charge in [-0.1, -0.05) is 92.4 Å². The second kappa shape index (κ2) is 10.8. The lowest BCUT2D eigenvalue weighted by molar-refractivity contribution is 0.628. The third-order valence-corrected chi connectivity index (χ3v) is 5.32. The van der Waals surface area contributed by atoms with Crippen molar-refractivity contribution in [3.05, 3.63) is 94.3 Å². The summed E-state index contributed by atoms with van der Waals surface area (Å²) in [5, 5.41) is 0.113. The van der Waals surface area contributed by atoms with Crippen LogP contribution >= 0.6 is 11.6 Å². The zero-order valence-corrected chi connectivity index (χ0v) is 17.6. The van der Waals surface area contributed by atoms with Gasteiger partial charge in [0.25, 0.3) is 0 Å². The van der Waals surface area contributed by atoms with E-state index in [9.17, 15) is 4.39 Å². The maximum absolute atomic E-state index is 13.5. The van der Waals surface area contributed by atoms with Gasteiger partial charge in [-0.25, -0.2) is 4.39 Å². The minimum Gasteiger partial charge on any atom is -0.205 e. The van der Waals surface area contributed by atoms with Crippen LogP contribution in [0, 0.1) is 17.7 Å². The van der Waals surface area contributed by atoms with Crippen molar-refractivity contribution in [1.29, 1.82) is 0 Å². The molecule has 148 valence electrons. The first kappa shape index (κ1) is 21.2. The van der Waals surface area contributed by atoms with Crippen molar-refractivity contribution in [3.63, 3.8) is 0 Å². The van der Waals surface area contributed by atoms with Crippen molar-refractivity contribution in [2.24, 2.45) is 0 Å². The number of benzene rings is 3. The minimum absolute atomic E-state index is 0.113. The molecule has 0 nitrogen and oxygen atoms in total. The van der Waals surface area contributed by atoms with Crippen LogP contribution in [0.15, 0.2) is 66.7 Å². The highest BCUT2D eigenvalue weighted by Crippen LogP contribution is 2.21. The fourth-order valence-electron chi connectivity index (χ4n) is 3.26. The molecule has 2 heteroatoms. The van der Waals surface area contributed by atoms with Gasteiger partial charge >= 0.3 is 0 Å². The Balaban J connectivity index is 1.60. The highest BCUT2D eigenvalue weighted by Gasteiger charge is 2.00. The Bertz CT molecular complexity index is 976. The van der Waals surface area contributed by atoms with Crippen LogP contribution in [0.5, 0.6) is 0 Å². The smallest absolute Gasteiger partial charge is 0.143 e. The molecular formula is C27H26ClF. The molecule has 0 fully saturated rings. The summed E-state index contributed by atoms with van der Waals surface area (Å²) in [7, 11) is 0. The number of hydrogen-bond donors (Lipinski definition) is 0. The van der Waals surface area contributed by atoms with Crippen LogP contribution in [0.25, 0.3) is 11.1 Å². The van der Waals surface area contributed by atoms with Crippen molar-refractivity contribution in [2.45, 2.75) is 45.4 Å². The van der Waals surface area contributed by atoms with E-state index in [0.29, 0.717) is 5.56 Å². The molecule has 29 heavy (non-hydrogen) atoms. The second-order valence-corrected chi connectivity index (χ2v) is 7.72. The van der Waals surface area contributed by atoms with Crippen LogP contribution in [0.2, 0.25) is 5.02 Å². The van der Waals surface area contributed by atoms with Gasteiger partial charge in [-0.2, -0.15) is 0 Å². The normalized spacial score (nSPS) is 10.4. The number of halogens is 2. The molecule has 0 saturated carbocycles. The van der Waals surface area contributed by atoms with Gasteiger partial charge in [-0.15, -0.1) is 0 Å². The zero-order valence-electron chi connectivity index (χ0n) is 16.8. The largest absolute Gasteiger partial charge is 0.205 e. The van der Waals surface area contributed by atoms with Crippen molar-refractivity contribution in [1.82, 2.24) is 0 Å². The molecule has 0 unspecified atom stereocenters. The molecule has 0 N–H and O–H groups in total. The molecule has 3 rings (SSSR count). The number of rotatable bonds is 7. The second-order valence-electron chi connectivity index (χ2n) is 7.32. The van der Waals surface area contributed by atoms with Crippen LogP contribution in [0.4, 0.5) is 4.39 Å². The summed E-state index contributed by atoms with van der Waals surface area (Å²) in [5.41, 5.74) is 5.29. The molecular weight excluding hydrogens is 379 g/mol. The van der Waals surface area contributed by atoms with Gasteiger partial charge in [-0.3, -0.25) is 0 Å². The molecule has 0 heterocycles. The van der Waals surface area contributed by atoms with Gasteiger partial charge in [-0.05, 0) is 59.9 Å². The maximum atomic E-state index is 13.5. The Morgan fingerprint density at radius 3 is 1.97 bits per heavy atom. The minimum atomic E-state index is -0.446. The average molecular weight is 405 g/mol. The molecule has 0 atom stereocenters. The molecule has 0 amide bonds. The first-order valence-corrected chi connectivity index (χ1v) is 10.7. The van der Waals surface area contributed by atoms with Crippen molar-refractivity contribution in [2.75, 3.05) is 0 Å². The van der Waals surface area contributed by atoms with E-state index in [1.54, 1.807) is 6.07 Å². The predicted molar refractivity (Wildman–Crippen MR) is 122 cm³/mol.